The molecule has 1 fully saturated rings. The van der Waals surface area contributed by atoms with E-state index < -0.39 is 21.9 Å². The first-order chi connectivity index (χ1) is 15.9. The summed E-state index contributed by atoms with van der Waals surface area (Å²) >= 11 is 6.08. The Morgan fingerprint density at radius 2 is 1.88 bits per heavy atom. The van der Waals surface area contributed by atoms with Gasteiger partial charge in [-0.1, -0.05) is 11.6 Å². The minimum Gasteiger partial charge on any atom is -0.358 e. The number of nitrogens with zero attached hydrogens (tertiary/aromatic N) is 3. The third-order valence-electron chi connectivity index (χ3n) is 5.30. The number of benzene rings is 1. The maximum absolute atomic E-state index is 13.1. The molecule has 1 aliphatic heterocycles. The maximum atomic E-state index is 13.1. The lowest BCUT2D eigenvalue weighted by Gasteiger charge is -2.40. The highest BCUT2D eigenvalue weighted by molar-refractivity contribution is 7.92. The molecule has 3 heterocycles. The zero-order valence-corrected chi connectivity index (χ0v) is 19.9. The molecule has 34 heavy (non-hydrogen) atoms. The van der Waals surface area contributed by atoms with Crippen molar-refractivity contribution in [3.8, 4) is 11.4 Å². The third kappa shape index (κ3) is 5.31. The lowest BCUT2D eigenvalue weighted by molar-refractivity contribution is -0.0262. The van der Waals surface area contributed by atoms with E-state index >= 15 is 0 Å². The Morgan fingerprint density at radius 3 is 2.50 bits per heavy atom. The van der Waals surface area contributed by atoms with Crippen LogP contribution in [0.3, 0.4) is 0 Å². The number of pyridine rings is 1. The number of aryl methyl sites for hydroxylation is 1. The van der Waals surface area contributed by atoms with Gasteiger partial charge in [0.25, 0.3) is 11.8 Å². The van der Waals surface area contributed by atoms with Crippen LogP contribution in [0.2, 0.25) is 5.02 Å². The van der Waals surface area contributed by atoms with Crippen molar-refractivity contribution in [2.75, 3.05) is 33.8 Å². The average Bonchev–Trinajstić information content (AvgIpc) is 3.13. The highest BCUT2D eigenvalue weighted by Gasteiger charge is 2.44. The second-order valence-electron chi connectivity index (χ2n) is 8.03. The van der Waals surface area contributed by atoms with Crippen LogP contribution in [0.1, 0.15) is 17.3 Å². The molecule has 1 saturated heterocycles. The highest BCUT2D eigenvalue weighted by Crippen LogP contribution is 2.32. The first-order valence-corrected chi connectivity index (χ1v) is 12.4. The Bertz CT molecular complexity index is 1340. The number of anilines is 3. The van der Waals surface area contributed by atoms with Crippen molar-refractivity contribution in [1.29, 1.82) is 0 Å². The molecule has 8 nitrogen and oxygen atoms in total. The van der Waals surface area contributed by atoms with Crippen molar-refractivity contribution >= 4 is 44.6 Å². The van der Waals surface area contributed by atoms with Crippen molar-refractivity contribution in [2.24, 2.45) is 7.05 Å². The number of hydrogen-bond donors (Lipinski definition) is 2. The Labute approximate surface area is 200 Å². The van der Waals surface area contributed by atoms with Gasteiger partial charge < -0.3 is 14.8 Å². The molecule has 2 aromatic heterocycles. The number of alkyl halides is 2. The van der Waals surface area contributed by atoms with Crippen LogP contribution in [0.4, 0.5) is 25.8 Å². The third-order valence-corrected chi connectivity index (χ3v) is 6.82. The first-order valence-electron chi connectivity index (χ1n) is 10.3. The minimum absolute atomic E-state index is 0.104. The van der Waals surface area contributed by atoms with Crippen LogP contribution in [0.25, 0.3) is 11.4 Å². The number of rotatable bonds is 7. The summed E-state index contributed by atoms with van der Waals surface area (Å²) in [5.41, 5.74) is 2.76. The zero-order chi connectivity index (χ0) is 24.7. The Hall–Kier alpha value is -3.18. The van der Waals surface area contributed by atoms with Gasteiger partial charge in [0.2, 0.25) is 10.0 Å². The second-order valence-corrected chi connectivity index (χ2v) is 10.5. The molecule has 0 bridgehead atoms. The van der Waals surface area contributed by atoms with E-state index in [1.54, 1.807) is 40.9 Å². The number of carbonyl (C=O) groups is 1. The van der Waals surface area contributed by atoms with Gasteiger partial charge in [0, 0.05) is 24.0 Å². The van der Waals surface area contributed by atoms with E-state index in [0.717, 1.165) is 0 Å². The fourth-order valence-corrected chi connectivity index (χ4v) is 4.39. The fourth-order valence-electron chi connectivity index (χ4n) is 3.54. The minimum atomic E-state index is -3.50. The summed E-state index contributed by atoms with van der Waals surface area (Å²) in [7, 11) is -1.75. The molecule has 3 aromatic rings. The largest absolute Gasteiger partial charge is 0.358 e. The van der Waals surface area contributed by atoms with E-state index in [4.69, 9.17) is 11.6 Å². The van der Waals surface area contributed by atoms with Gasteiger partial charge in [0.05, 0.1) is 53.4 Å². The van der Waals surface area contributed by atoms with Crippen LogP contribution in [0.5, 0.6) is 0 Å². The normalized spacial score (nSPS) is 15.0. The zero-order valence-electron chi connectivity index (χ0n) is 18.3. The van der Waals surface area contributed by atoms with Crippen LogP contribution in [-0.4, -0.2) is 48.6 Å². The molecule has 1 amide bonds. The molecular weight excluding hydrogens is 488 g/mol. The van der Waals surface area contributed by atoms with Gasteiger partial charge in [-0.25, -0.2) is 17.2 Å². The van der Waals surface area contributed by atoms with E-state index in [2.05, 4.69) is 15.0 Å². The van der Waals surface area contributed by atoms with E-state index in [1.165, 1.54) is 31.3 Å². The number of halogens is 3. The van der Waals surface area contributed by atoms with Crippen molar-refractivity contribution in [3.63, 3.8) is 0 Å². The number of amides is 1. The topological polar surface area (TPSA) is 96.3 Å². The quantitative estimate of drug-likeness (QED) is 0.497. The lowest BCUT2D eigenvalue weighted by Crippen LogP contribution is -2.56. The van der Waals surface area contributed by atoms with Gasteiger partial charge in [-0.2, -0.15) is 0 Å². The number of nitrogens with one attached hydrogen (secondary N) is 2. The number of aromatic nitrogens is 2. The predicted molar refractivity (Wildman–Crippen MR) is 128 cm³/mol. The van der Waals surface area contributed by atoms with Crippen molar-refractivity contribution < 1.29 is 22.0 Å². The van der Waals surface area contributed by atoms with Gasteiger partial charge in [-0.05, 0) is 43.3 Å². The van der Waals surface area contributed by atoms with E-state index in [0.29, 0.717) is 28.3 Å². The molecule has 0 radical (unpaired) electrons. The van der Waals surface area contributed by atoms with Crippen molar-refractivity contribution in [1.82, 2.24) is 9.55 Å². The van der Waals surface area contributed by atoms with Gasteiger partial charge in [0.1, 0.15) is 0 Å². The summed E-state index contributed by atoms with van der Waals surface area (Å²) in [5, 5.41) is 2.97. The monoisotopic (exact) mass is 509 g/mol. The molecule has 12 heteroatoms. The van der Waals surface area contributed by atoms with Crippen LogP contribution >= 0.6 is 11.6 Å². The van der Waals surface area contributed by atoms with Crippen molar-refractivity contribution in [3.05, 3.63) is 59.4 Å². The van der Waals surface area contributed by atoms with E-state index in [-0.39, 0.29) is 29.6 Å². The number of hydrogen-bond acceptors (Lipinski definition) is 5. The predicted octanol–water partition coefficient (Wildman–Crippen LogP) is 4.21. The molecule has 4 rings (SSSR count). The molecule has 2 N–H and O–H groups in total. The molecule has 0 aliphatic carbocycles. The van der Waals surface area contributed by atoms with Crippen LogP contribution in [0, 0.1) is 0 Å². The van der Waals surface area contributed by atoms with Crippen LogP contribution < -0.4 is 14.9 Å². The first kappa shape index (κ1) is 24.0. The Balaban J connectivity index is 1.49. The molecule has 0 unspecified atom stereocenters. The van der Waals surface area contributed by atoms with E-state index in [1.807, 2.05) is 0 Å². The Morgan fingerprint density at radius 1 is 1.18 bits per heavy atom. The lowest BCUT2D eigenvalue weighted by atomic mass is 10.1. The number of sulfonamides is 1. The summed E-state index contributed by atoms with van der Waals surface area (Å²) in [5.74, 6) is -3.19. The van der Waals surface area contributed by atoms with E-state index in [9.17, 15) is 22.0 Å². The Kier molecular flexibility index (Phi) is 6.26. The molecule has 180 valence electrons. The molecule has 0 saturated carbocycles. The summed E-state index contributed by atoms with van der Waals surface area (Å²) in [6, 6.07) is 9.51. The molecular formula is C22H22ClF2N5O3S. The summed E-state index contributed by atoms with van der Waals surface area (Å²) in [6.45, 7) is 0.857. The molecule has 1 aliphatic rings. The summed E-state index contributed by atoms with van der Waals surface area (Å²) in [6.07, 6.45) is 3.16. The van der Waals surface area contributed by atoms with Gasteiger partial charge in [-0.3, -0.25) is 14.5 Å². The van der Waals surface area contributed by atoms with Gasteiger partial charge in [-0.15, -0.1) is 0 Å². The van der Waals surface area contributed by atoms with Crippen LogP contribution in [-0.2, 0) is 17.1 Å². The second kappa shape index (κ2) is 8.88. The van der Waals surface area contributed by atoms with Gasteiger partial charge in [0.15, 0.2) is 0 Å². The summed E-state index contributed by atoms with van der Waals surface area (Å²) in [4.78, 5) is 18.7. The standard InChI is InChI=1S/C22H22ClF2N5O3S/c1-3-34(32,33)28-17-8-15(23)7-16(9-17)27-21(31)14-6-20(29(2)11-14)19-5-4-18(10-26-19)30-12-22(24,25)13-30/h4-11,28H,3,12-13H2,1-2H3,(H,27,31). The number of carbonyl (C=O) groups excluding carboxylic acids is 1. The molecule has 0 atom stereocenters. The highest BCUT2D eigenvalue weighted by atomic mass is 35.5. The smallest absolute Gasteiger partial charge is 0.282 e. The SMILES string of the molecule is CCS(=O)(=O)Nc1cc(Cl)cc(NC(=O)c2cc(-c3ccc(N4CC(F)(F)C4)cn3)n(C)c2)c1. The van der Waals surface area contributed by atoms with Crippen molar-refractivity contribution in [2.45, 2.75) is 12.8 Å². The fraction of sp³-hybridized carbons (Fsp3) is 0.273. The maximum Gasteiger partial charge on any atom is 0.282 e. The van der Waals surface area contributed by atoms with Gasteiger partial charge >= 0.3 is 0 Å². The average molecular weight is 510 g/mol. The van der Waals surface area contributed by atoms with Crippen LogP contribution in [0.15, 0.2) is 48.8 Å². The molecule has 0 spiro atoms. The molecule has 1 aromatic carbocycles. The summed E-state index contributed by atoms with van der Waals surface area (Å²) < 4.78 is 54.0.